The summed E-state index contributed by atoms with van der Waals surface area (Å²) in [6, 6.07) is 0. The number of nitrogens with zero attached hydrogens (tertiary/aromatic N) is 1. The van der Waals surface area contributed by atoms with E-state index < -0.39 is 6.55 Å². The number of hydrogen-bond acceptors (Lipinski definition) is 3. The van der Waals surface area contributed by atoms with Gasteiger partial charge in [-0.1, -0.05) is 0 Å². The van der Waals surface area contributed by atoms with Crippen LogP contribution in [0.15, 0.2) is 12.5 Å². The van der Waals surface area contributed by atoms with Gasteiger partial charge in [0.2, 0.25) is 0 Å². The van der Waals surface area contributed by atoms with Crippen LogP contribution in [0.25, 0.3) is 0 Å². The summed E-state index contributed by atoms with van der Waals surface area (Å²) in [6.07, 6.45) is 2.46. The fourth-order valence-electron chi connectivity index (χ4n) is 0.415. The van der Waals surface area contributed by atoms with Gasteiger partial charge in [0.1, 0.15) is 6.26 Å². The van der Waals surface area contributed by atoms with Gasteiger partial charge in [-0.25, -0.2) is 0 Å². The molecular formula is C5H8F2N3OSe. The number of amidine groups is 1. The molecule has 0 aromatic heterocycles. The van der Waals surface area contributed by atoms with E-state index in [2.05, 4.69) is 26.5 Å². The molecule has 12 heavy (non-hydrogen) atoms. The molecule has 1 aliphatic heterocycles. The van der Waals surface area contributed by atoms with E-state index in [0.29, 0.717) is 0 Å². The van der Waals surface area contributed by atoms with Gasteiger partial charge in [0.15, 0.2) is 6.73 Å². The molecular weight excluding hydrogens is 235 g/mol. The van der Waals surface area contributed by atoms with Gasteiger partial charge in [-0.15, -0.1) is 0 Å². The Morgan fingerprint density at radius 3 is 2.42 bits per heavy atom. The molecule has 1 rings (SSSR count). The molecule has 0 aromatic rings. The Morgan fingerprint density at radius 2 is 2.25 bits per heavy atom. The predicted molar refractivity (Wildman–Crippen MR) is 40.6 cm³/mol. The minimum atomic E-state index is -2.44. The van der Waals surface area contributed by atoms with Crippen LogP contribution in [0.5, 0.6) is 0 Å². The third kappa shape index (κ3) is 5.94. The number of alkyl halides is 2. The average Bonchev–Trinajstić information content (AvgIpc) is 2.34. The van der Waals surface area contributed by atoms with Crippen molar-refractivity contribution in [3.05, 3.63) is 12.5 Å². The molecule has 0 aliphatic carbocycles. The Bertz CT molecular complexity index is 172. The van der Waals surface area contributed by atoms with E-state index in [1.54, 1.807) is 0 Å². The van der Waals surface area contributed by atoms with Gasteiger partial charge in [-0.3, -0.25) is 4.90 Å². The van der Waals surface area contributed by atoms with Gasteiger partial charge < -0.3 is 4.74 Å². The Hall–Kier alpha value is -0.811. The van der Waals surface area contributed by atoms with Crippen LogP contribution < -0.4 is 5.73 Å². The van der Waals surface area contributed by atoms with Crippen molar-refractivity contribution < 1.29 is 13.5 Å². The summed E-state index contributed by atoms with van der Waals surface area (Å²) in [4.78, 5) is 0.792. The van der Waals surface area contributed by atoms with Gasteiger partial charge in [0.25, 0.3) is 0 Å². The third-order valence-corrected chi connectivity index (χ3v) is 0.823. The first-order valence-corrected chi connectivity index (χ1v) is 3.73. The zero-order chi connectivity index (χ0) is 9.56. The van der Waals surface area contributed by atoms with Crippen LogP contribution in [0, 0.1) is 5.41 Å². The summed E-state index contributed by atoms with van der Waals surface area (Å²) in [7, 11) is 0. The first kappa shape index (κ1) is 11.2. The summed E-state index contributed by atoms with van der Waals surface area (Å²) >= 11 is 2.26. The van der Waals surface area contributed by atoms with Crippen molar-refractivity contribution in [3.8, 4) is 0 Å². The van der Waals surface area contributed by atoms with Crippen molar-refractivity contribution in [2.75, 3.05) is 6.73 Å². The third-order valence-electron chi connectivity index (χ3n) is 0.823. The molecule has 4 nitrogen and oxygen atoms in total. The van der Waals surface area contributed by atoms with Crippen LogP contribution in [-0.4, -0.2) is 38.9 Å². The fraction of sp³-hybridized carbons (Fsp3) is 0.400. The molecule has 0 fully saturated rings. The molecule has 0 unspecified atom stereocenters. The Kier molecular flexibility index (Phi) is 5.40. The quantitative estimate of drug-likeness (QED) is 0.295. The Morgan fingerprint density at radius 1 is 1.75 bits per heavy atom. The molecule has 1 aliphatic rings. The van der Waals surface area contributed by atoms with E-state index in [9.17, 15) is 8.78 Å². The molecule has 1 heterocycles. The minimum absolute atomic E-state index is 0.0301. The second-order valence-electron chi connectivity index (χ2n) is 1.74. The van der Waals surface area contributed by atoms with Crippen LogP contribution >= 0.6 is 0 Å². The van der Waals surface area contributed by atoms with Gasteiger partial charge in [-0.05, 0) is 0 Å². The standard InChI is InChI=1S/C4H5F2NO.CH3N2Se/c5-4(6)7-1-2-8-3-7;2-1(3)4/h1-2,4H,3H2;(H3,2,3). The van der Waals surface area contributed by atoms with Crippen LogP contribution in [0.3, 0.4) is 0 Å². The molecule has 0 spiro atoms. The first-order chi connectivity index (χ1) is 5.54. The summed E-state index contributed by atoms with van der Waals surface area (Å²) in [5, 5.41) is 6.22. The molecule has 0 saturated heterocycles. The summed E-state index contributed by atoms with van der Waals surface area (Å²) in [5.41, 5.74) is 4.64. The molecule has 0 atom stereocenters. The van der Waals surface area contributed by atoms with E-state index in [0.717, 1.165) is 4.90 Å². The van der Waals surface area contributed by atoms with E-state index >= 15 is 0 Å². The van der Waals surface area contributed by atoms with Crippen molar-refractivity contribution in [1.82, 2.24) is 4.90 Å². The zero-order valence-electron chi connectivity index (χ0n) is 6.04. The topological polar surface area (TPSA) is 62.3 Å². The molecule has 1 radical (unpaired) electrons. The normalized spacial score (nSPS) is 13.8. The maximum absolute atomic E-state index is 11.5. The van der Waals surface area contributed by atoms with Crippen molar-refractivity contribution >= 4 is 20.7 Å². The predicted octanol–water partition coefficient (Wildman–Crippen LogP) is 0.0183. The van der Waals surface area contributed by atoms with Gasteiger partial charge >= 0.3 is 38.4 Å². The zero-order valence-corrected chi connectivity index (χ0v) is 7.75. The van der Waals surface area contributed by atoms with Crippen molar-refractivity contribution in [2.45, 2.75) is 6.55 Å². The summed E-state index contributed by atoms with van der Waals surface area (Å²) in [6.45, 7) is -2.47. The van der Waals surface area contributed by atoms with Crippen LogP contribution in [-0.2, 0) is 4.74 Å². The molecule has 0 bridgehead atoms. The van der Waals surface area contributed by atoms with E-state index in [4.69, 9.17) is 5.41 Å². The summed E-state index contributed by atoms with van der Waals surface area (Å²) in [5.74, 6) is 0. The number of halogens is 2. The molecule has 0 saturated carbocycles. The summed E-state index contributed by atoms with van der Waals surface area (Å²) < 4.78 is 27.6. The van der Waals surface area contributed by atoms with Crippen molar-refractivity contribution in [1.29, 1.82) is 5.41 Å². The molecule has 0 amide bonds. The monoisotopic (exact) mass is 244 g/mol. The van der Waals surface area contributed by atoms with E-state index in [1.807, 2.05) is 0 Å². The first-order valence-electron chi connectivity index (χ1n) is 2.87. The molecule has 3 N–H and O–H groups in total. The SMILES string of the molecule is FC(F)N1C=COC1.N=C(N)[Se]. The number of nitrogens with two attached hydrogens (primary N) is 1. The van der Waals surface area contributed by atoms with Gasteiger partial charge in [0.05, 0.1) is 0 Å². The van der Waals surface area contributed by atoms with Crippen LogP contribution in [0.2, 0.25) is 0 Å². The second-order valence-corrected chi connectivity index (χ2v) is 2.66. The van der Waals surface area contributed by atoms with E-state index in [1.165, 1.54) is 12.5 Å². The Balaban J connectivity index is 0.000000261. The average molecular weight is 243 g/mol. The van der Waals surface area contributed by atoms with Crippen LogP contribution in [0.4, 0.5) is 8.78 Å². The number of ether oxygens (including phenoxy) is 1. The molecule has 69 valence electrons. The van der Waals surface area contributed by atoms with Gasteiger partial charge in [-0.2, -0.15) is 8.78 Å². The number of rotatable bonds is 1. The van der Waals surface area contributed by atoms with Crippen molar-refractivity contribution in [3.63, 3.8) is 0 Å². The van der Waals surface area contributed by atoms with Crippen LogP contribution in [0.1, 0.15) is 0 Å². The Labute approximate surface area is 76.7 Å². The van der Waals surface area contributed by atoms with E-state index in [-0.39, 0.29) is 11.5 Å². The van der Waals surface area contributed by atoms with Gasteiger partial charge in [0, 0.05) is 6.20 Å². The fourth-order valence-corrected chi connectivity index (χ4v) is 0.415. The maximum atomic E-state index is 11.5. The molecule has 0 aromatic carbocycles. The van der Waals surface area contributed by atoms with Crippen molar-refractivity contribution in [2.24, 2.45) is 5.73 Å². The molecule has 7 heteroatoms. The second kappa shape index (κ2) is 5.79. The number of hydrogen-bond donors (Lipinski definition) is 2. The number of nitrogens with one attached hydrogen (secondary N) is 1.